The molecular formula is C17H26N6O2S. The molecule has 0 saturated heterocycles. The van der Waals surface area contributed by atoms with Crippen molar-refractivity contribution in [3.8, 4) is 0 Å². The predicted molar refractivity (Wildman–Crippen MR) is 102 cm³/mol. The number of ether oxygens (including phenoxy) is 1. The van der Waals surface area contributed by atoms with E-state index in [1.54, 1.807) is 25.1 Å². The molecule has 0 aliphatic heterocycles. The molecule has 1 amide bonds. The van der Waals surface area contributed by atoms with Gasteiger partial charge in [0.15, 0.2) is 10.8 Å². The first-order chi connectivity index (χ1) is 12.7. The van der Waals surface area contributed by atoms with Crippen LogP contribution < -0.4 is 10.6 Å². The summed E-state index contributed by atoms with van der Waals surface area (Å²) in [6.07, 6.45) is 4.96. The summed E-state index contributed by atoms with van der Waals surface area (Å²) in [4.78, 5) is 21.2. The monoisotopic (exact) mass is 378 g/mol. The number of nitrogens with one attached hydrogen (secondary N) is 2. The Balaban J connectivity index is 1.71. The van der Waals surface area contributed by atoms with E-state index in [0.29, 0.717) is 26.2 Å². The zero-order valence-corrected chi connectivity index (χ0v) is 16.1. The molecule has 3 rings (SSSR count). The Morgan fingerprint density at radius 2 is 2.23 bits per heavy atom. The highest BCUT2D eigenvalue weighted by Crippen LogP contribution is 2.26. The Morgan fingerprint density at radius 3 is 2.92 bits per heavy atom. The maximum atomic E-state index is 12.0. The van der Waals surface area contributed by atoms with Crippen molar-refractivity contribution in [3.63, 3.8) is 0 Å². The lowest BCUT2D eigenvalue weighted by atomic mass is 9.85. The summed E-state index contributed by atoms with van der Waals surface area (Å²) < 4.78 is 6.93. The number of carbonyl (C=O) groups is 1. The molecular weight excluding hydrogens is 352 g/mol. The number of hydrogen-bond acceptors (Lipinski definition) is 7. The van der Waals surface area contributed by atoms with Crippen molar-refractivity contribution in [2.45, 2.75) is 37.9 Å². The van der Waals surface area contributed by atoms with Gasteiger partial charge in [-0.3, -0.25) is 4.79 Å². The molecule has 0 aromatic carbocycles. The van der Waals surface area contributed by atoms with Crippen molar-refractivity contribution in [3.05, 3.63) is 6.20 Å². The molecule has 1 aliphatic carbocycles. The Kier molecular flexibility index (Phi) is 6.67. The minimum atomic E-state index is 0.159. The van der Waals surface area contributed by atoms with E-state index in [2.05, 4.69) is 32.6 Å². The second-order valence-electron chi connectivity index (χ2n) is 6.23. The predicted octanol–water partition coefficient (Wildman–Crippen LogP) is 1.91. The van der Waals surface area contributed by atoms with Gasteiger partial charge in [0.2, 0.25) is 5.91 Å². The number of fused-ring (bicyclic) bond motifs is 1. The first-order valence-electron chi connectivity index (χ1n) is 9.09. The number of aromatic nitrogens is 4. The fraction of sp³-hybridized carbons (Fsp3) is 0.647. The van der Waals surface area contributed by atoms with Gasteiger partial charge in [-0.25, -0.2) is 14.6 Å². The summed E-state index contributed by atoms with van der Waals surface area (Å²) in [6.45, 7) is 4.49. The van der Waals surface area contributed by atoms with E-state index in [0.717, 1.165) is 47.0 Å². The van der Waals surface area contributed by atoms with Crippen molar-refractivity contribution in [2.75, 3.05) is 37.9 Å². The van der Waals surface area contributed by atoms with Gasteiger partial charge in [-0.2, -0.15) is 5.10 Å². The summed E-state index contributed by atoms with van der Waals surface area (Å²) >= 11 is 1.59. The zero-order valence-electron chi connectivity index (χ0n) is 15.3. The minimum Gasteiger partial charge on any atom is -0.383 e. The van der Waals surface area contributed by atoms with Crippen molar-refractivity contribution in [1.82, 2.24) is 25.1 Å². The van der Waals surface area contributed by atoms with E-state index in [-0.39, 0.29) is 11.8 Å². The van der Waals surface area contributed by atoms with Crippen LogP contribution in [-0.4, -0.2) is 58.2 Å². The molecule has 0 spiro atoms. The van der Waals surface area contributed by atoms with Gasteiger partial charge < -0.3 is 15.4 Å². The van der Waals surface area contributed by atoms with E-state index in [9.17, 15) is 4.79 Å². The van der Waals surface area contributed by atoms with Gasteiger partial charge in [0.25, 0.3) is 0 Å². The van der Waals surface area contributed by atoms with Crippen molar-refractivity contribution in [1.29, 1.82) is 0 Å². The largest absolute Gasteiger partial charge is 0.383 e. The summed E-state index contributed by atoms with van der Waals surface area (Å²) in [5.74, 6) is 2.03. The molecule has 0 unspecified atom stereocenters. The summed E-state index contributed by atoms with van der Waals surface area (Å²) in [6, 6.07) is 0. The first kappa shape index (κ1) is 18.9. The molecule has 8 nitrogen and oxygen atoms in total. The van der Waals surface area contributed by atoms with E-state index in [1.807, 2.05) is 4.68 Å². The van der Waals surface area contributed by atoms with Crippen LogP contribution in [0.2, 0.25) is 0 Å². The normalized spacial score (nSPS) is 14.4. The second-order valence-corrected chi connectivity index (χ2v) is 7.46. The molecule has 0 atom stereocenters. The van der Waals surface area contributed by atoms with Crippen LogP contribution in [0.5, 0.6) is 0 Å². The highest BCUT2D eigenvalue weighted by Gasteiger charge is 2.24. The van der Waals surface area contributed by atoms with Crippen LogP contribution in [0.25, 0.3) is 11.0 Å². The highest BCUT2D eigenvalue weighted by atomic mass is 32.2. The smallest absolute Gasteiger partial charge is 0.223 e. The highest BCUT2D eigenvalue weighted by molar-refractivity contribution is 7.99. The van der Waals surface area contributed by atoms with Crippen LogP contribution in [0.1, 0.15) is 26.2 Å². The number of rotatable bonds is 10. The molecule has 2 heterocycles. The Hall–Kier alpha value is -1.87. The standard InChI is InChI=1S/C17H26N6O2S/c1-3-26-17-21-14(18-8-10-25-2)13-11-20-23(15(13)22-17)9-7-19-16(24)12-5-4-6-12/h11-12H,3-10H2,1-2H3,(H,19,24)(H,18,21,22). The van der Waals surface area contributed by atoms with Crippen LogP contribution in [0, 0.1) is 5.92 Å². The molecule has 2 aromatic heterocycles. The van der Waals surface area contributed by atoms with Crippen molar-refractivity contribution in [2.24, 2.45) is 5.92 Å². The van der Waals surface area contributed by atoms with Gasteiger partial charge in [0.05, 0.1) is 24.7 Å². The van der Waals surface area contributed by atoms with E-state index in [4.69, 9.17) is 4.74 Å². The number of anilines is 1. The third-order valence-corrected chi connectivity index (χ3v) is 5.18. The molecule has 0 bridgehead atoms. The lowest BCUT2D eigenvalue weighted by molar-refractivity contribution is -0.127. The molecule has 2 aromatic rings. The number of nitrogens with zero attached hydrogens (tertiary/aromatic N) is 4. The zero-order chi connectivity index (χ0) is 18.4. The van der Waals surface area contributed by atoms with Crippen LogP contribution in [0.4, 0.5) is 5.82 Å². The molecule has 1 saturated carbocycles. The van der Waals surface area contributed by atoms with Gasteiger partial charge in [-0.1, -0.05) is 25.1 Å². The van der Waals surface area contributed by atoms with E-state index < -0.39 is 0 Å². The third-order valence-electron chi connectivity index (χ3n) is 4.45. The number of thioether (sulfide) groups is 1. The van der Waals surface area contributed by atoms with E-state index in [1.165, 1.54) is 0 Å². The molecule has 9 heteroatoms. The number of methoxy groups -OCH3 is 1. The molecule has 1 aliphatic rings. The van der Waals surface area contributed by atoms with Crippen LogP contribution >= 0.6 is 11.8 Å². The SMILES string of the molecule is CCSc1nc(NCCOC)c2cnn(CCNC(=O)C3CCC3)c2n1. The summed E-state index contributed by atoms with van der Waals surface area (Å²) in [7, 11) is 1.67. The topological polar surface area (TPSA) is 94.0 Å². The second kappa shape index (κ2) is 9.18. The van der Waals surface area contributed by atoms with E-state index >= 15 is 0 Å². The van der Waals surface area contributed by atoms with Crippen molar-refractivity contribution >= 4 is 34.5 Å². The minimum absolute atomic E-state index is 0.159. The lowest BCUT2D eigenvalue weighted by Crippen LogP contribution is -2.36. The fourth-order valence-corrected chi connectivity index (χ4v) is 3.36. The van der Waals surface area contributed by atoms with Gasteiger partial charge in [-0.05, 0) is 18.6 Å². The third kappa shape index (κ3) is 4.45. The average molecular weight is 379 g/mol. The quantitative estimate of drug-likeness (QED) is 0.370. The van der Waals surface area contributed by atoms with Gasteiger partial charge in [0, 0.05) is 26.1 Å². The maximum Gasteiger partial charge on any atom is 0.223 e. The Bertz CT molecular complexity index is 746. The summed E-state index contributed by atoms with van der Waals surface area (Å²) in [5, 5.41) is 12.3. The molecule has 142 valence electrons. The van der Waals surface area contributed by atoms with Gasteiger partial charge in [-0.15, -0.1) is 0 Å². The van der Waals surface area contributed by atoms with Gasteiger partial charge in [0.1, 0.15) is 5.82 Å². The van der Waals surface area contributed by atoms with Crippen LogP contribution in [0.15, 0.2) is 11.4 Å². The molecule has 26 heavy (non-hydrogen) atoms. The lowest BCUT2D eigenvalue weighted by Gasteiger charge is -2.23. The maximum absolute atomic E-state index is 12.0. The molecule has 2 N–H and O–H groups in total. The summed E-state index contributed by atoms with van der Waals surface area (Å²) in [5.41, 5.74) is 0.786. The van der Waals surface area contributed by atoms with Gasteiger partial charge >= 0.3 is 0 Å². The average Bonchev–Trinajstić information content (AvgIpc) is 2.97. The Morgan fingerprint density at radius 1 is 1.38 bits per heavy atom. The first-order valence-corrected chi connectivity index (χ1v) is 10.1. The Labute approximate surface area is 157 Å². The number of amides is 1. The molecule has 0 radical (unpaired) electrons. The molecule has 1 fully saturated rings. The van der Waals surface area contributed by atoms with Crippen LogP contribution in [0.3, 0.4) is 0 Å². The number of carbonyl (C=O) groups excluding carboxylic acids is 1. The van der Waals surface area contributed by atoms with Crippen molar-refractivity contribution < 1.29 is 9.53 Å². The fourth-order valence-electron chi connectivity index (χ4n) is 2.80. The number of hydrogen-bond donors (Lipinski definition) is 2. The van der Waals surface area contributed by atoms with Crippen LogP contribution in [-0.2, 0) is 16.1 Å².